The topological polar surface area (TPSA) is 15.3 Å². The Hall–Kier alpha value is -1.28. The third kappa shape index (κ3) is 4.22. The molecule has 1 N–H and O–H groups in total. The molecule has 3 rings (SSSR count). The molecule has 1 heterocycles. The zero-order valence-electron chi connectivity index (χ0n) is 15.6. The minimum atomic E-state index is 0.426. The monoisotopic (exact) mass is 326 g/mol. The van der Waals surface area contributed by atoms with Crippen LogP contribution in [0.3, 0.4) is 0 Å². The third-order valence-corrected chi connectivity index (χ3v) is 6.22. The average Bonchev–Trinajstić information content (AvgIpc) is 2.91. The molecule has 0 aromatic heterocycles. The highest BCUT2D eigenvalue weighted by molar-refractivity contribution is 5.56. The lowest BCUT2D eigenvalue weighted by molar-refractivity contribution is 0.150. The Labute approximate surface area is 148 Å². The molecule has 0 amide bonds. The van der Waals surface area contributed by atoms with Crippen LogP contribution in [-0.4, -0.2) is 27.2 Å². The number of allylic oxidation sites excluding steroid dienone is 1. The van der Waals surface area contributed by atoms with Crippen LogP contribution in [0.5, 0.6) is 0 Å². The van der Waals surface area contributed by atoms with E-state index in [2.05, 4.69) is 60.7 Å². The summed E-state index contributed by atoms with van der Waals surface area (Å²) >= 11 is 0. The van der Waals surface area contributed by atoms with Crippen molar-refractivity contribution in [3.05, 3.63) is 35.9 Å². The maximum atomic E-state index is 3.57. The summed E-state index contributed by atoms with van der Waals surface area (Å²) in [6.45, 7) is 2.36. The van der Waals surface area contributed by atoms with Crippen LogP contribution in [0, 0.1) is 11.3 Å². The van der Waals surface area contributed by atoms with Crippen LogP contribution in [0.2, 0.25) is 0 Å². The van der Waals surface area contributed by atoms with Crippen molar-refractivity contribution in [2.45, 2.75) is 51.4 Å². The number of hydrogen-bond donors (Lipinski definition) is 1. The van der Waals surface area contributed by atoms with Gasteiger partial charge in [0.1, 0.15) is 0 Å². The first-order valence-corrected chi connectivity index (χ1v) is 9.87. The molecule has 0 atom stereocenters. The van der Waals surface area contributed by atoms with Gasteiger partial charge < -0.3 is 10.2 Å². The number of anilines is 1. The number of nitrogens with zero attached hydrogens (tertiary/aromatic N) is 1. The van der Waals surface area contributed by atoms with Gasteiger partial charge in [0.2, 0.25) is 0 Å². The number of nitrogens with one attached hydrogen (secondary N) is 1. The Kier molecular flexibility index (Phi) is 5.99. The molecular formula is C22H34N2. The molecule has 2 nitrogen and oxygen atoms in total. The van der Waals surface area contributed by atoms with E-state index < -0.39 is 0 Å². The van der Waals surface area contributed by atoms with Crippen molar-refractivity contribution in [1.29, 1.82) is 0 Å². The fourth-order valence-corrected chi connectivity index (χ4v) is 4.60. The van der Waals surface area contributed by atoms with E-state index in [1.807, 2.05) is 0 Å². The van der Waals surface area contributed by atoms with Crippen molar-refractivity contribution in [2.24, 2.45) is 11.3 Å². The smallest absolute Gasteiger partial charge is 0.0361 e. The summed E-state index contributed by atoms with van der Waals surface area (Å²) in [5.41, 5.74) is 3.04. The Morgan fingerprint density at radius 2 is 1.58 bits per heavy atom. The summed E-state index contributed by atoms with van der Waals surface area (Å²) in [4.78, 5) is 2.16. The van der Waals surface area contributed by atoms with Gasteiger partial charge in [0.05, 0.1) is 0 Å². The quantitative estimate of drug-likeness (QED) is 0.774. The number of rotatable bonds is 4. The number of benzene rings is 1. The van der Waals surface area contributed by atoms with Crippen LogP contribution in [0.4, 0.5) is 5.69 Å². The zero-order valence-corrected chi connectivity index (χ0v) is 15.6. The lowest BCUT2D eigenvalue weighted by atomic mass is 9.66. The molecule has 1 aliphatic carbocycles. The standard InChI is InChI=1S/C22H34N2/c1-24(2)21-11-9-19(10-12-21)13-14-22(15-17-23-18-16-22)20-7-5-3-4-6-8-20/h9-14,20,23H,3-8,15-18H2,1-2H3. The van der Waals surface area contributed by atoms with Gasteiger partial charge in [-0.15, -0.1) is 0 Å². The van der Waals surface area contributed by atoms with Gasteiger partial charge in [-0.3, -0.25) is 0 Å². The van der Waals surface area contributed by atoms with E-state index in [0.717, 1.165) is 5.92 Å². The van der Waals surface area contributed by atoms with Crippen LogP contribution >= 0.6 is 0 Å². The Morgan fingerprint density at radius 3 is 2.17 bits per heavy atom. The second kappa shape index (κ2) is 8.20. The Bertz CT molecular complexity index is 515. The van der Waals surface area contributed by atoms with E-state index in [4.69, 9.17) is 0 Å². The molecule has 1 aliphatic heterocycles. The number of piperidine rings is 1. The maximum Gasteiger partial charge on any atom is 0.0361 e. The van der Waals surface area contributed by atoms with Gasteiger partial charge in [0, 0.05) is 19.8 Å². The van der Waals surface area contributed by atoms with Crippen LogP contribution in [0.1, 0.15) is 56.9 Å². The van der Waals surface area contributed by atoms with Crippen molar-refractivity contribution < 1.29 is 0 Å². The van der Waals surface area contributed by atoms with Gasteiger partial charge in [0.15, 0.2) is 0 Å². The van der Waals surface area contributed by atoms with Crippen molar-refractivity contribution in [2.75, 3.05) is 32.1 Å². The minimum Gasteiger partial charge on any atom is -0.378 e. The van der Waals surface area contributed by atoms with Crippen LogP contribution < -0.4 is 10.2 Å². The normalized spacial score (nSPS) is 22.4. The van der Waals surface area contributed by atoms with Crippen LogP contribution in [-0.2, 0) is 0 Å². The van der Waals surface area contributed by atoms with Gasteiger partial charge >= 0.3 is 0 Å². The lowest BCUT2D eigenvalue weighted by Gasteiger charge is -2.42. The molecular weight excluding hydrogens is 292 g/mol. The summed E-state index contributed by atoms with van der Waals surface area (Å²) < 4.78 is 0. The largest absolute Gasteiger partial charge is 0.378 e. The fourth-order valence-electron chi connectivity index (χ4n) is 4.60. The molecule has 2 fully saturated rings. The van der Waals surface area contributed by atoms with Gasteiger partial charge in [-0.25, -0.2) is 0 Å². The molecule has 0 unspecified atom stereocenters. The molecule has 1 saturated heterocycles. The van der Waals surface area contributed by atoms with E-state index in [-0.39, 0.29) is 0 Å². The second-order valence-electron chi connectivity index (χ2n) is 7.99. The first kappa shape index (κ1) is 17.5. The number of hydrogen-bond acceptors (Lipinski definition) is 2. The first-order chi connectivity index (χ1) is 11.7. The molecule has 2 aliphatic rings. The molecule has 1 saturated carbocycles. The van der Waals surface area contributed by atoms with Crippen molar-refractivity contribution in [3.8, 4) is 0 Å². The van der Waals surface area contributed by atoms with E-state index in [9.17, 15) is 0 Å². The van der Waals surface area contributed by atoms with Gasteiger partial charge in [-0.05, 0) is 67.8 Å². The van der Waals surface area contributed by atoms with Gasteiger partial charge in [-0.2, -0.15) is 0 Å². The van der Waals surface area contributed by atoms with Crippen LogP contribution in [0.25, 0.3) is 6.08 Å². The highest BCUT2D eigenvalue weighted by Crippen LogP contribution is 2.45. The zero-order chi connectivity index (χ0) is 16.8. The Balaban J connectivity index is 1.78. The SMILES string of the molecule is CN(C)c1ccc(C=CC2(C3CCCCCC3)CCNCC2)cc1. The highest BCUT2D eigenvalue weighted by Gasteiger charge is 2.37. The Morgan fingerprint density at radius 1 is 0.958 bits per heavy atom. The van der Waals surface area contributed by atoms with E-state index in [1.165, 1.54) is 75.7 Å². The summed E-state index contributed by atoms with van der Waals surface area (Å²) in [5.74, 6) is 0.888. The highest BCUT2D eigenvalue weighted by atomic mass is 15.1. The van der Waals surface area contributed by atoms with E-state index >= 15 is 0 Å². The molecule has 24 heavy (non-hydrogen) atoms. The summed E-state index contributed by atoms with van der Waals surface area (Å²) in [6.07, 6.45) is 16.2. The molecule has 0 bridgehead atoms. The molecule has 132 valence electrons. The molecule has 1 aromatic rings. The predicted molar refractivity (Wildman–Crippen MR) is 106 cm³/mol. The van der Waals surface area contributed by atoms with Gasteiger partial charge in [0.25, 0.3) is 0 Å². The summed E-state index contributed by atoms with van der Waals surface area (Å²) in [5, 5.41) is 3.57. The van der Waals surface area contributed by atoms with Crippen molar-refractivity contribution in [3.63, 3.8) is 0 Å². The minimum absolute atomic E-state index is 0.426. The van der Waals surface area contributed by atoms with E-state index in [0.29, 0.717) is 5.41 Å². The molecule has 2 heteroatoms. The summed E-state index contributed by atoms with van der Waals surface area (Å²) in [6, 6.07) is 8.96. The van der Waals surface area contributed by atoms with Crippen LogP contribution in [0.15, 0.2) is 30.3 Å². The molecule has 1 aromatic carbocycles. The van der Waals surface area contributed by atoms with Crippen molar-refractivity contribution >= 4 is 11.8 Å². The van der Waals surface area contributed by atoms with E-state index in [1.54, 1.807) is 0 Å². The second-order valence-corrected chi connectivity index (χ2v) is 7.99. The lowest BCUT2D eigenvalue weighted by Crippen LogP contribution is -2.40. The van der Waals surface area contributed by atoms with Crippen molar-refractivity contribution in [1.82, 2.24) is 5.32 Å². The fraction of sp³-hybridized carbons (Fsp3) is 0.636. The molecule has 0 spiro atoms. The summed E-state index contributed by atoms with van der Waals surface area (Å²) in [7, 11) is 4.20. The average molecular weight is 327 g/mol. The van der Waals surface area contributed by atoms with Gasteiger partial charge in [-0.1, -0.05) is 50.0 Å². The third-order valence-electron chi connectivity index (χ3n) is 6.22. The maximum absolute atomic E-state index is 3.57. The first-order valence-electron chi connectivity index (χ1n) is 9.87. The molecule has 0 radical (unpaired) electrons. The predicted octanol–water partition coefficient (Wildman–Crippen LogP) is 5.11.